The lowest BCUT2D eigenvalue weighted by Crippen LogP contribution is -2.53. The smallest absolute Gasteiger partial charge is 0.166 e. The molecule has 23 heavy (non-hydrogen) atoms. The maximum absolute atomic E-state index is 10.6. The molecule has 0 saturated heterocycles. The number of hydrogen-bond acceptors (Lipinski definition) is 4. The minimum atomic E-state index is -0.593. The van der Waals surface area contributed by atoms with Crippen molar-refractivity contribution in [3.63, 3.8) is 0 Å². The molecule has 0 bridgehead atoms. The lowest BCUT2D eigenvalue weighted by Gasteiger charge is -2.45. The highest BCUT2D eigenvalue weighted by Crippen LogP contribution is 2.59. The van der Waals surface area contributed by atoms with Crippen LogP contribution in [0.15, 0.2) is 30.4 Å². The molecular formula is C19H23NO3. The predicted octanol–water partition coefficient (Wildman–Crippen LogP) is 2.22. The number of aliphatic hydroxyl groups is 1. The molecule has 0 unspecified atom stereocenters. The van der Waals surface area contributed by atoms with Gasteiger partial charge in [0, 0.05) is 11.5 Å². The maximum atomic E-state index is 10.6. The summed E-state index contributed by atoms with van der Waals surface area (Å²) in [5.41, 5.74) is 2.17. The number of ether oxygens (including phenoxy) is 2. The Bertz CT molecular complexity index is 694. The summed E-state index contributed by atoms with van der Waals surface area (Å²) in [6, 6.07) is 4.05. The van der Waals surface area contributed by atoms with E-state index in [1.165, 1.54) is 11.1 Å². The Hall–Kier alpha value is -1.78. The van der Waals surface area contributed by atoms with E-state index >= 15 is 0 Å². The highest BCUT2D eigenvalue weighted by molar-refractivity contribution is 5.71. The Labute approximate surface area is 137 Å². The molecule has 0 aromatic heterocycles. The molecule has 0 fully saturated rings. The fraction of sp³-hybridized carbons (Fsp3) is 0.474. The highest BCUT2D eigenvalue weighted by Gasteiger charge is 2.58. The van der Waals surface area contributed by atoms with Crippen LogP contribution in [0.25, 0.3) is 6.08 Å². The van der Waals surface area contributed by atoms with Crippen LogP contribution in [0.5, 0.6) is 11.5 Å². The Balaban J connectivity index is 1.93. The molecule has 1 N–H and O–H groups in total. The number of aliphatic hydroxyl groups excluding tert-OH is 1. The monoisotopic (exact) mass is 313 g/mol. The zero-order valence-electron chi connectivity index (χ0n) is 13.8. The zero-order chi connectivity index (χ0) is 16.2. The van der Waals surface area contributed by atoms with Crippen LogP contribution in [0.2, 0.25) is 0 Å². The van der Waals surface area contributed by atoms with Crippen molar-refractivity contribution in [2.24, 2.45) is 5.92 Å². The van der Waals surface area contributed by atoms with E-state index in [9.17, 15) is 5.11 Å². The Morgan fingerprint density at radius 3 is 2.83 bits per heavy atom. The second-order valence-electron chi connectivity index (χ2n) is 6.95. The van der Waals surface area contributed by atoms with Gasteiger partial charge in [-0.05, 0) is 38.7 Å². The van der Waals surface area contributed by atoms with Gasteiger partial charge in [-0.15, -0.1) is 0 Å². The fourth-order valence-corrected chi connectivity index (χ4v) is 4.37. The average Bonchev–Trinajstić information content (AvgIpc) is 2.90. The van der Waals surface area contributed by atoms with Gasteiger partial charge in [0.05, 0.1) is 12.5 Å². The van der Waals surface area contributed by atoms with E-state index in [1.807, 2.05) is 12.1 Å². The minimum absolute atomic E-state index is 0.216. The minimum Gasteiger partial charge on any atom is -0.493 e. The molecule has 1 aromatic carbocycles. The van der Waals surface area contributed by atoms with Crippen LogP contribution in [0.1, 0.15) is 17.5 Å². The molecule has 0 amide bonds. The SMILES string of the molecule is COc1ccc2c3c1O[C@H]1[C@@H](O)C=C[C@@H](C=C2)[C@@]31CCN(C)C. The van der Waals surface area contributed by atoms with Gasteiger partial charge in [0.2, 0.25) is 0 Å². The molecular weight excluding hydrogens is 290 g/mol. The molecule has 1 aromatic rings. The molecule has 4 heteroatoms. The van der Waals surface area contributed by atoms with Crippen LogP contribution in [-0.2, 0) is 5.41 Å². The van der Waals surface area contributed by atoms with Crippen molar-refractivity contribution in [1.29, 1.82) is 0 Å². The van der Waals surface area contributed by atoms with Gasteiger partial charge in [0.15, 0.2) is 11.5 Å². The average molecular weight is 313 g/mol. The van der Waals surface area contributed by atoms with Crippen molar-refractivity contribution >= 4 is 6.08 Å². The number of methoxy groups -OCH3 is 1. The maximum Gasteiger partial charge on any atom is 0.166 e. The summed E-state index contributed by atoms with van der Waals surface area (Å²) in [6.45, 7) is 0.945. The van der Waals surface area contributed by atoms with Crippen molar-refractivity contribution in [3.05, 3.63) is 41.5 Å². The van der Waals surface area contributed by atoms with Crippen LogP contribution in [0.3, 0.4) is 0 Å². The van der Waals surface area contributed by atoms with E-state index in [0.717, 1.165) is 24.5 Å². The molecule has 3 aliphatic rings. The summed E-state index contributed by atoms with van der Waals surface area (Å²) in [5, 5.41) is 10.6. The Morgan fingerprint density at radius 2 is 2.09 bits per heavy atom. The summed E-state index contributed by atoms with van der Waals surface area (Å²) in [5.74, 6) is 1.81. The molecule has 0 spiro atoms. The van der Waals surface area contributed by atoms with Gasteiger partial charge in [-0.3, -0.25) is 0 Å². The Morgan fingerprint density at radius 1 is 1.26 bits per heavy atom. The van der Waals surface area contributed by atoms with Crippen molar-refractivity contribution in [3.8, 4) is 11.5 Å². The first-order valence-corrected chi connectivity index (χ1v) is 8.15. The van der Waals surface area contributed by atoms with Crippen LogP contribution < -0.4 is 9.47 Å². The third-order valence-electron chi connectivity index (χ3n) is 5.47. The molecule has 4 rings (SSSR count). The summed E-state index contributed by atoms with van der Waals surface area (Å²) >= 11 is 0. The van der Waals surface area contributed by atoms with E-state index in [-0.39, 0.29) is 17.4 Å². The molecule has 122 valence electrons. The van der Waals surface area contributed by atoms with Crippen molar-refractivity contribution < 1.29 is 14.6 Å². The molecule has 2 aliphatic carbocycles. The number of benzene rings is 1. The fourth-order valence-electron chi connectivity index (χ4n) is 4.37. The van der Waals surface area contributed by atoms with Gasteiger partial charge < -0.3 is 19.5 Å². The second-order valence-corrected chi connectivity index (χ2v) is 6.95. The van der Waals surface area contributed by atoms with Crippen molar-refractivity contribution in [2.75, 3.05) is 27.7 Å². The summed E-state index contributed by atoms with van der Waals surface area (Å²) < 4.78 is 11.8. The van der Waals surface area contributed by atoms with Crippen LogP contribution in [0, 0.1) is 5.92 Å². The van der Waals surface area contributed by atoms with Crippen LogP contribution >= 0.6 is 0 Å². The number of rotatable bonds is 4. The Kier molecular flexibility index (Phi) is 3.29. The molecule has 0 radical (unpaired) electrons. The number of hydrogen-bond donors (Lipinski definition) is 1. The van der Waals surface area contributed by atoms with Gasteiger partial charge in [-0.2, -0.15) is 0 Å². The zero-order valence-corrected chi connectivity index (χ0v) is 13.8. The first-order chi connectivity index (χ1) is 11.1. The number of allylic oxidation sites excluding steroid dienone is 2. The van der Waals surface area contributed by atoms with Gasteiger partial charge in [-0.1, -0.05) is 30.4 Å². The highest BCUT2D eigenvalue weighted by atomic mass is 16.5. The molecule has 4 atom stereocenters. The largest absolute Gasteiger partial charge is 0.493 e. The van der Waals surface area contributed by atoms with Gasteiger partial charge >= 0.3 is 0 Å². The lowest BCUT2D eigenvalue weighted by molar-refractivity contribution is 0.00751. The lowest BCUT2D eigenvalue weighted by atomic mass is 9.59. The summed E-state index contributed by atoms with van der Waals surface area (Å²) in [4.78, 5) is 2.19. The van der Waals surface area contributed by atoms with Gasteiger partial charge in [0.25, 0.3) is 0 Å². The normalized spacial score (nSPS) is 32.8. The van der Waals surface area contributed by atoms with Crippen molar-refractivity contribution in [1.82, 2.24) is 4.90 Å². The third kappa shape index (κ3) is 1.91. The van der Waals surface area contributed by atoms with E-state index in [1.54, 1.807) is 7.11 Å². The standard InChI is InChI=1S/C19H23NO3/c1-20(2)11-10-19-13-6-4-12-5-9-15(22-3)17(16(12)19)23-18(19)14(21)8-7-13/h4-9,13-14,18,21H,10-11H2,1-3H3/t13-,14+,18+,19+/m1/s1. The van der Waals surface area contributed by atoms with Gasteiger partial charge in [0.1, 0.15) is 12.2 Å². The first-order valence-electron chi connectivity index (χ1n) is 8.15. The van der Waals surface area contributed by atoms with E-state index < -0.39 is 6.10 Å². The molecule has 1 aliphatic heterocycles. The molecule has 4 nitrogen and oxygen atoms in total. The van der Waals surface area contributed by atoms with E-state index in [4.69, 9.17) is 9.47 Å². The number of nitrogens with zero attached hydrogens (tertiary/aromatic N) is 1. The van der Waals surface area contributed by atoms with E-state index in [0.29, 0.717) is 0 Å². The van der Waals surface area contributed by atoms with Crippen LogP contribution in [-0.4, -0.2) is 50.0 Å². The topological polar surface area (TPSA) is 41.9 Å². The second kappa shape index (κ2) is 5.11. The summed E-state index contributed by atoms with van der Waals surface area (Å²) in [7, 11) is 5.84. The van der Waals surface area contributed by atoms with Gasteiger partial charge in [-0.25, -0.2) is 0 Å². The first kappa shape index (κ1) is 14.8. The van der Waals surface area contributed by atoms with E-state index in [2.05, 4.69) is 43.3 Å². The summed E-state index contributed by atoms with van der Waals surface area (Å²) in [6.07, 6.45) is 8.51. The third-order valence-corrected chi connectivity index (χ3v) is 5.47. The molecule has 0 saturated carbocycles. The van der Waals surface area contributed by atoms with Crippen molar-refractivity contribution in [2.45, 2.75) is 24.0 Å². The quantitative estimate of drug-likeness (QED) is 0.866. The molecule has 1 heterocycles. The predicted molar refractivity (Wildman–Crippen MR) is 89.9 cm³/mol. The van der Waals surface area contributed by atoms with Crippen LogP contribution in [0.4, 0.5) is 0 Å².